The van der Waals surface area contributed by atoms with Crippen molar-refractivity contribution in [3.8, 4) is 23.1 Å². The van der Waals surface area contributed by atoms with Gasteiger partial charge >= 0.3 is 5.97 Å². The van der Waals surface area contributed by atoms with Gasteiger partial charge in [-0.15, -0.1) is 0 Å². The largest absolute Gasteiger partial charge is 0.492 e. The number of hydrogen-bond donors (Lipinski definition) is 3. The minimum Gasteiger partial charge on any atom is -0.492 e. The summed E-state index contributed by atoms with van der Waals surface area (Å²) in [6, 6.07) is 23.3. The second-order valence-electron chi connectivity index (χ2n) is 9.37. The van der Waals surface area contributed by atoms with Crippen molar-refractivity contribution in [2.75, 3.05) is 24.7 Å². The van der Waals surface area contributed by atoms with E-state index in [1.54, 1.807) is 30.3 Å². The summed E-state index contributed by atoms with van der Waals surface area (Å²) in [5.74, 6) is -0.365. The molecule has 2 aromatic heterocycles. The molecule has 0 saturated heterocycles. The van der Waals surface area contributed by atoms with Crippen LogP contribution in [0.15, 0.2) is 82.4 Å². The number of nitrogens with zero attached hydrogens (tertiary/aromatic N) is 4. The van der Waals surface area contributed by atoms with E-state index in [0.29, 0.717) is 69.2 Å². The number of anilines is 1. The smallest absolute Gasteiger partial charge is 0.326 e. The van der Waals surface area contributed by atoms with Crippen LogP contribution in [0.1, 0.15) is 16.8 Å². The highest BCUT2D eigenvalue weighted by molar-refractivity contribution is 7.98. The number of para-hydroxylation sites is 2. The molecule has 0 aliphatic carbocycles. The second-order valence-corrected chi connectivity index (χ2v) is 10.5. The molecule has 218 valence electrons. The van der Waals surface area contributed by atoms with Crippen molar-refractivity contribution in [1.82, 2.24) is 20.3 Å². The van der Waals surface area contributed by atoms with Crippen LogP contribution in [-0.2, 0) is 17.8 Å². The van der Waals surface area contributed by atoms with Crippen molar-refractivity contribution in [1.29, 1.82) is 5.26 Å². The van der Waals surface area contributed by atoms with Crippen molar-refractivity contribution in [3.05, 3.63) is 94.6 Å². The maximum absolute atomic E-state index is 11.9. The summed E-state index contributed by atoms with van der Waals surface area (Å²) in [6.07, 6.45) is 2.11. The number of carboxylic acids is 1. The van der Waals surface area contributed by atoms with Crippen LogP contribution in [0.2, 0.25) is 5.02 Å². The fraction of sp³-hybridized carbons (Fsp3) is 0.194. The number of aliphatic carboxylic acids is 1. The number of nitrogens with one attached hydrogen (secondary N) is 2. The minimum atomic E-state index is -1.01. The van der Waals surface area contributed by atoms with Gasteiger partial charge in [-0.05, 0) is 42.2 Å². The first kappa shape index (κ1) is 29.8. The number of fused-ring (bicyclic) bond motifs is 1. The summed E-state index contributed by atoms with van der Waals surface area (Å²) in [5.41, 5.74) is 4.20. The SMILES string of the molecule is CSc1nc(CNCCOc2ccc(C[C@H](Nc3nc4ccccc4o3)C(=O)O)cc2)c(C#N)c(-c2ccccc2Cl)n1. The van der Waals surface area contributed by atoms with E-state index in [-0.39, 0.29) is 12.4 Å². The number of carboxylic acid groups (broad SMARTS) is 1. The van der Waals surface area contributed by atoms with Crippen LogP contribution >= 0.6 is 23.4 Å². The Morgan fingerprint density at radius 2 is 1.86 bits per heavy atom. The lowest BCUT2D eigenvalue weighted by molar-refractivity contribution is -0.137. The number of aromatic nitrogens is 3. The third-order valence-corrected chi connectivity index (χ3v) is 7.36. The molecule has 0 bridgehead atoms. The highest BCUT2D eigenvalue weighted by Gasteiger charge is 2.21. The maximum atomic E-state index is 11.9. The Morgan fingerprint density at radius 1 is 1.09 bits per heavy atom. The average molecular weight is 615 g/mol. The third kappa shape index (κ3) is 7.42. The number of oxazole rings is 1. The minimum absolute atomic E-state index is 0.162. The third-order valence-electron chi connectivity index (χ3n) is 6.48. The Kier molecular flexibility index (Phi) is 9.73. The van der Waals surface area contributed by atoms with Crippen LogP contribution in [0, 0.1) is 11.3 Å². The van der Waals surface area contributed by atoms with E-state index in [1.165, 1.54) is 11.8 Å². The van der Waals surface area contributed by atoms with Crippen molar-refractivity contribution in [2.24, 2.45) is 0 Å². The van der Waals surface area contributed by atoms with E-state index in [4.69, 9.17) is 20.8 Å². The van der Waals surface area contributed by atoms with Gasteiger partial charge in [0.2, 0.25) is 0 Å². The number of halogens is 1. The molecule has 43 heavy (non-hydrogen) atoms. The quantitative estimate of drug-likeness (QED) is 0.0839. The average Bonchev–Trinajstić information content (AvgIpc) is 3.43. The van der Waals surface area contributed by atoms with Gasteiger partial charge in [-0.25, -0.2) is 14.8 Å². The molecule has 0 aliphatic heterocycles. The number of hydrogen-bond acceptors (Lipinski definition) is 10. The van der Waals surface area contributed by atoms with E-state index in [0.717, 1.165) is 5.56 Å². The molecule has 0 radical (unpaired) electrons. The summed E-state index contributed by atoms with van der Waals surface area (Å²) >= 11 is 7.78. The van der Waals surface area contributed by atoms with Crippen LogP contribution in [0.4, 0.5) is 6.01 Å². The van der Waals surface area contributed by atoms with Crippen LogP contribution in [-0.4, -0.2) is 51.5 Å². The first-order chi connectivity index (χ1) is 20.9. The predicted octanol–water partition coefficient (Wildman–Crippen LogP) is 5.81. The highest BCUT2D eigenvalue weighted by atomic mass is 35.5. The van der Waals surface area contributed by atoms with Crippen molar-refractivity contribution in [2.45, 2.75) is 24.2 Å². The lowest BCUT2D eigenvalue weighted by Crippen LogP contribution is -2.31. The van der Waals surface area contributed by atoms with E-state index in [9.17, 15) is 15.2 Å². The Hall–Kier alpha value is -4.63. The lowest BCUT2D eigenvalue weighted by atomic mass is 10.1. The van der Waals surface area contributed by atoms with Gasteiger partial charge in [0.15, 0.2) is 10.7 Å². The first-order valence-electron chi connectivity index (χ1n) is 13.3. The summed E-state index contributed by atoms with van der Waals surface area (Å²) in [7, 11) is 0. The van der Waals surface area contributed by atoms with Gasteiger partial charge in [-0.3, -0.25) is 0 Å². The molecule has 5 rings (SSSR count). The summed E-state index contributed by atoms with van der Waals surface area (Å²) < 4.78 is 11.5. The van der Waals surface area contributed by atoms with Crippen molar-refractivity contribution >= 4 is 46.4 Å². The van der Waals surface area contributed by atoms with Gasteiger partial charge in [-0.2, -0.15) is 10.2 Å². The Balaban J connectivity index is 1.14. The molecule has 1 atom stereocenters. The molecule has 0 unspecified atom stereocenters. The molecule has 0 spiro atoms. The molecular formula is C31H27ClN6O4S. The van der Waals surface area contributed by atoms with Gasteiger partial charge in [0.05, 0.1) is 16.4 Å². The van der Waals surface area contributed by atoms with Crippen LogP contribution in [0.5, 0.6) is 5.75 Å². The van der Waals surface area contributed by atoms with Crippen molar-refractivity contribution < 1.29 is 19.1 Å². The molecule has 5 aromatic rings. The van der Waals surface area contributed by atoms with Crippen LogP contribution in [0.3, 0.4) is 0 Å². The summed E-state index contributed by atoms with van der Waals surface area (Å²) in [5, 5.41) is 26.8. The molecule has 0 aliphatic rings. The molecule has 12 heteroatoms. The fourth-order valence-electron chi connectivity index (χ4n) is 4.36. The van der Waals surface area contributed by atoms with Gasteiger partial charge in [-0.1, -0.05) is 65.8 Å². The number of rotatable bonds is 13. The Bertz CT molecular complexity index is 1740. The van der Waals surface area contributed by atoms with E-state index in [2.05, 4.69) is 31.7 Å². The highest BCUT2D eigenvalue weighted by Crippen LogP contribution is 2.31. The summed E-state index contributed by atoms with van der Waals surface area (Å²) in [4.78, 5) is 25.3. The number of ether oxygens (including phenoxy) is 1. The molecule has 0 amide bonds. The van der Waals surface area contributed by atoms with Gasteiger partial charge < -0.3 is 24.9 Å². The number of carbonyl (C=O) groups is 1. The Labute approximate surface area is 257 Å². The second kappa shape index (κ2) is 14.0. The summed E-state index contributed by atoms with van der Waals surface area (Å²) in [6.45, 7) is 1.22. The van der Waals surface area contributed by atoms with E-state index < -0.39 is 12.0 Å². The molecule has 0 saturated carbocycles. The topological polar surface area (TPSA) is 146 Å². The van der Waals surface area contributed by atoms with Crippen molar-refractivity contribution in [3.63, 3.8) is 0 Å². The number of nitriles is 1. The maximum Gasteiger partial charge on any atom is 0.326 e. The van der Waals surface area contributed by atoms with Gasteiger partial charge in [0.25, 0.3) is 6.01 Å². The number of thioether (sulfide) groups is 1. The zero-order chi connectivity index (χ0) is 30.2. The zero-order valence-corrected chi connectivity index (χ0v) is 24.7. The fourth-order valence-corrected chi connectivity index (χ4v) is 4.97. The monoisotopic (exact) mass is 614 g/mol. The van der Waals surface area contributed by atoms with Crippen LogP contribution < -0.4 is 15.4 Å². The lowest BCUT2D eigenvalue weighted by Gasteiger charge is -2.14. The Morgan fingerprint density at radius 3 is 2.58 bits per heavy atom. The van der Waals surface area contributed by atoms with E-state index in [1.807, 2.05) is 48.7 Å². The van der Waals surface area contributed by atoms with Gasteiger partial charge in [0.1, 0.15) is 35.5 Å². The molecule has 0 fully saturated rings. The molecule has 10 nitrogen and oxygen atoms in total. The first-order valence-corrected chi connectivity index (χ1v) is 14.9. The zero-order valence-electron chi connectivity index (χ0n) is 23.1. The van der Waals surface area contributed by atoms with Gasteiger partial charge in [0, 0.05) is 25.1 Å². The van der Waals surface area contributed by atoms with E-state index >= 15 is 0 Å². The normalized spacial score (nSPS) is 11.7. The molecule has 3 aromatic carbocycles. The predicted molar refractivity (Wildman–Crippen MR) is 165 cm³/mol. The standard InChI is InChI=1S/C31H27ClN6O4S/c1-43-31-37-26(22(17-33)28(38-31)21-6-2-3-7-23(21)32)18-34-14-15-41-20-12-10-19(11-13-20)16-25(29(39)40)36-30-35-24-8-4-5-9-27(24)42-30/h2-13,25,34H,14-16,18H2,1H3,(H,35,36)(H,39,40)/t25-/m0/s1. The molecular weight excluding hydrogens is 588 g/mol. The molecule has 2 heterocycles. The number of benzene rings is 3. The molecule has 3 N–H and O–H groups in total. The van der Waals surface area contributed by atoms with Crippen LogP contribution in [0.25, 0.3) is 22.4 Å².